The van der Waals surface area contributed by atoms with E-state index in [9.17, 15) is 13.6 Å². The Labute approximate surface area is 96.4 Å². The van der Waals surface area contributed by atoms with Gasteiger partial charge in [0.15, 0.2) is 11.4 Å². The molecule has 0 aromatic carbocycles. The minimum Gasteiger partial charge on any atom is -0.456 e. The molecule has 0 atom stereocenters. The van der Waals surface area contributed by atoms with Crippen molar-refractivity contribution in [3.63, 3.8) is 0 Å². The van der Waals surface area contributed by atoms with Gasteiger partial charge >= 0.3 is 5.97 Å². The van der Waals surface area contributed by atoms with Crippen molar-refractivity contribution in [1.82, 2.24) is 4.98 Å². The van der Waals surface area contributed by atoms with Crippen molar-refractivity contribution in [3.05, 3.63) is 28.5 Å². The largest absolute Gasteiger partial charge is 0.456 e. The van der Waals surface area contributed by atoms with Crippen LogP contribution in [0.25, 0.3) is 0 Å². The summed E-state index contributed by atoms with van der Waals surface area (Å²) >= 11 is 5.39. The van der Waals surface area contributed by atoms with Crippen LogP contribution in [-0.2, 0) is 4.74 Å². The van der Waals surface area contributed by atoms with Crippen molar-refractivity contribution in [1.29, 1.82) is 0 Å². The number of ether oxygens (including phenoxy) is 1. The Morgan fingerprint density at radius 3 is 2.50 bits per heavy atom. The van der Waals surface area contributed by atoms with Crippen LogP contribution in [0.15, 0.2) is 6.20 Å². The smallest absolute Gasteiger partial charge is 0.346 e. The first-order valence-electron chi connectivity index (χ1n) is 4.45. The Morgan fingerprint density at radius 2 is 2.00 bits per heavy atom. The summed E-state index contributed by atoms with van der Waals surface area (Å²) in [4.78, 5) is 14.6. The van der Waals surface area contributed by atoms with Gasteiger partial charge in [-0.05, 0) is 20.8 Å². The average Bonchev–Trinajstić information content (AvgIpc) is 2.09. The molecule has 3 nitrogen and oxygen atoms in total. The summed E-state index contributed by atoms with van der Waals surface area (Å²) in [6.07, 6.45) is 0.792. The van der Waals surface area contributed by atoms with Crippen molar-refractivity contribution < 1.29 is 18.3 Å². The van der Waals surface area contributed by atoms with Crippen LogP contribution in [0.4, 0.5) is 8.78 Å². The molecule has 1 aromatic heterocycles. The summed E-state index contributed by atoms with van der Waals surface area (Å²) in [5.74, 6) is -3.53. The number of aromatic nitrogens is 1. The summed E-state index contributed by atoms with van der Waals surface area (Å²) in [6.45, 7) is 4.75. The molecule has 0 bridgehead atoms. The predicted octanol–water partition coefficient (Wildman–Crippen LogP) is 2.97. The van der Waals surface area contributed by atoms with Gasteiger partial charge in [-0.2, -0.15) is 4.39 Å². The van der Waals surface area contributed by atoms with Crippen molar-refractivity contribution in [2.24, 2.45) is 0 Å². The number of hydrogen-bond acceptors (Lipinski definition) is 3. The maximum absolute atomic E-state index is 13.4. The van der Waals surface area contributed by atoms with Crippen LogP contribution in [0.3, 0.4) is 0 Å². The topological polar surface area (TPSA) is 39.2 Å². The first-order chi connectivity index (χ1) is 7.22. The average molecular weight is 250 g/mol. The highest BCUT2D eigenvalue weighted by atomic mass is 35.5. The molecule has 0 aliphatic carbocycles. The van der Waals surface area contributed by atoms with Crippen LogP contribution in [-0.4, -0.2) is 16.6 Å². The van der Waals surface area contributed by atoms with E-state index >= 15 is 0 Å². The molecule has 0 saturated heterocycles. The maximum Gasteiger partial charge on any atom is 0.346 e. The van der Waals surface area contributed by atoms with Crippen LogP contribution in [0.1, 0.15) is 31.1 Å². The van der Waals surface area contributed by atoms with E-state index in [4.69, 9.17) is 16.3 Å². The van der Waals surface area contributed by atoms with Gasteiger partial charge in [0.2, 0.25) is 5.95 Å². The van der Waals surface area contributed by atoms with Crippen LogP contribution >= 0.6 is 11.6 Å². The molecule has 0 aliphatic heterocycles. The Morgan fingerprint density at radius 1 is 1.44 bits per heavy atom. The number of nitrogens with zero attached hydrogens (tertiary/aromatic N) is 1. The van der Waals surface area contributed by atoms with Gasteiger partial charge in [0.1, 0.15) is 5.60 Å². The third-order valence-corrected chi connectivity index (χ3v) is 1.79. The van der Waals surface area contributed by atoms with Crippen LogP contribution in [0, 0.1) is 11.8 Å². The number of rotatable bonds is 1. The number of esters is 1. The molecule has 1 rings (SSSR count). The van der Waals surface area contributed by atoms with Crippen molar-refractivity contribution >= 4 is 17.6 Å². The lowest BCUT2D eigenvalue weighted by Crippen LogP contribution is -2.25. The zero-order valence-electron chi connectivity index (χ0n) is 8.97. The molecule has 1 heterocycles. The molecule has 16 heavy (non-hydrogen) atoms. The van der Waals surface area contributed by atoms with Gasteiger partial charge in [0.05, 0.1) is 11.2 Å². The molecule has 0 unspecified atom stereocenters. The van der Waals surface area contributed by atoms with Gasteiger partial charge < -0.3 is 4.74 Å². The second-order valence-electron chi connectivity index (χ2n) is 4.09. The Kier molecular flexibility index (Phi) is 3.48. The zero-order valence-corrected chi connectivity index (χ0v) is 9.73. The van der Waals surface area contributed by atoms with E-state index in [1.807, 2.05) is 0 Å². The maximum atomic E-state index is 13.4. The quantitative estimate of drug-likeness (QED) is 0.567. The summed E-state index contributed by atoms with van der Waals surface area (Å²) in [7, 11) is 0. The van der Waals surface area contributed by atoms with Crippen LogP contribution < -0.4 is 0 Å². The van der Waals surface area contributed by atoms with Crippen molar-refractivity contribution in [2.75, 3.05) is 0 Å². The molecule has 0 spiro atoms. The van der Waals surface area contributed by atoms with Crippen LogP contribution in [0.5, 0.6) is 0 Å². The van der Waals surface area contributed by atoms with E-state index < -0.39 is 33.9 Å². The lowest BCUT2D eigenvalue weighted by molar-refractivity contribution is 0.00584. The lowest BCUT2D eigenvalue weighted by Gasteiger charge is -2.19. The summed E-state index contributed by atoms with van der Waals surface area (Å²) < 4.78 is 31.3. The first-order valence-corrected chi connectivity index (χ1v) is 4.83. The highest BCUT2D eigenvalue weighted by Gasteiger charge is 2.26. The zero-order chi connectivity index (χ0) is 12.5. The number of carbonyl (C=O) groups excluding carboxylic acids is 1. The fraction of sp³-hybridized carbons (Fsp3) is 0.400. The highest BCUT2D eigenvalue weighted by Crippen LogP contribution is 2.21. The highest BCUT2D eigenvalue weighted by molar-refractivity contribution is 6.30. The third-order valence-electron chi connectivity index (χ3n) is 1.53. The molecule has 6 heteroatoms. The molecule has 0 radical (unpaired) electrons. The van der Waals surface area contributed by atoms with Crippen LogP contribution in [0.2, 0.25) is 5.02 Å². The molecular formula is C10H10ClF2NO2. The standard InChI is InChI=1S/C10H10ClF2NO2/c1-10(2,3)16-9(15)6-7(12)5(11)4-14-8(6)13/h4H,1-3H3. The number of hydrogen-bond donors (Lipinski definition) is 0. The Bertz CT molecular complexity index is 430. The van der Waals surface area contributed by atoms with E-state index in [0.29, 0.717) is 0 Å². The minimum atomic E-state index is -1.24. The minimum absolute atomic E-state index is 0.428. The molecule has 1 aromatic rings. The molecule has 88 valence electrons. The van der Waals surface area contributed by atoms with E-state index in [2.05, 4.69) is 4.98 Å². The van der Waals surface area contributed by atoms with Gasteiger partial charge in [-0.3, -0.25) is 0 Å². The predicted molar refractivity (Wildman–Crippen MR) is 54.3 cm³/mol. The summed E-state index contributed by atoms with van der Waals surface area (Å²) in [5.41, 5.74) is -1.72. The molecule has 0 saturated carbocycles. The SMILES string of the molecule is CC(C)(C)OC(=O)c1c(F)ncc(Cl)c1F. The second-order valence-corrected chi connectivity index (χ2v) is 4.50. The van der Waals surface area contributed by atoms with E-state index in [1.54, 1.807) is 20.8 Å². The fourth-order valence-corrected chi connectivity index (χ4v) is 1.09. The number of pyridine rings is 1. The number of halogens is 3. The van der Waals surface area contributed by atoms with Gasteiger partial charge in [-0.25, -0.2) is 14.2 Å². The Balaban J connectivity index is 3.14. The monoisotopic (exact) mass is 249 g/mol. The van der Waals surface area contributed by atoms with Gasteiger partial charge in [-0.15, -0.1) is 0 Å². The lowest BCUT2D eigenvalue weighted by atomic mass is 10.2. The van der Waals surface area contributed by atoms with Gasteiger partial charge in [-0.1, -0.05) is 11.6 Å². The first kappa shape index (κ1) is 12.8. The second kappa shape index (κ2) is 4.33. The molecule has 0 fully saturated rings. The van der Waals surface area contributed by atoms with Crippen molar-refractivity contribution in [2.45, 2.75) is 26.4 Å². The van der Waals surface area contributed by atoms with Crippen molar-refractivity contribution in [3.8, 4) is 0 Å². The summed E-state index contributed by atoms with van der Waals surface area (Å²) in [5, 5.41) is -0.428. The molecule has 0 aliphatic rings. The summed E-state index contributed by atoms with van der Waals surface area (Å²) in [6, 6.07) is 0. The third kappa shape index (κ3) is 2.88. The van der Waals surface area contributed by atoms with E-state index in [-0.39, 0.29) is 0 Å². The Hall–Kier alpha value is -1.23. The molecular weight excluding hydrogens is 240 g/mol. The normalized spacial score (nSPS) is 11.4. The molecule has 0 amide bonds. The fourth-order valence-electron chi connectivity index (χ4n) is 0.947. The molecule has 0 N–H and O–H groups in total. The van der Waals surface area contributed by atoms with E-state index in [1.165, 1.54) is 0 Å². The van der Waals surface area contributed by atoms with Gasteiger partial charge in [0.25, 0.3) is 0 Å². The van der Waals surface area contributed by atoms with Gasteiger partial charge in [0, 0.05) is 0 Å². The number of carbonyl (C=O) groups is 1. The van der Waals surface area contributed by atoms with E-state index in [0.717, 1.165) is 6.20 Å².